The van der Waals surface area contributed by atoms with Gasteiger partial charge < -0.3 is 15.1 Å². The second kappa shape index (κ2) is 7.94. The zero-order chi connectivity index (χ0) is 15.9. The van der Waals surface area contributed by atoms with Crippen molar-refractivity contribution in [3.63, 3.8) is 0 Å². The molecule has 1 saturated heterocycles. The zero-order valence-corrected chi connectivity index (χ0v) is 13.5. The van der Waals surface area contributed by atoms with Crippen molar-refractivity contribution < 1.29 is 4.79 Å². The van der Waals surface area contributed by atoms with E-state index in [0.29, 0.717) is 19.0 Å². The van der Waals surface area contributed by atoms with Crippen LogP contribution in [0.5, 0.6) is 0 Å². The SMILES string of the molecule is O=C(N/C=C/C1CCCCC1)N1CCN(c2ncccn2)CC1. The van der Waals surface area contributed by atoms with Crippen molar-refractivity contribution in [2.45, 2.75) is 32.1 Å². The average Bonchev–Trinajstić information content (AvgIpc) is 2.63. The van der Waals surface area contributed by atoms with Gasteiger partial charge in [0.25, 0.3) is 0 Å². The number of piperazine rings is 1. The molecule has 6 nitrogen and oxygen atoms in total. The fraction of sp³-hybridized carbons (Fsp3) is 0.588. The van der Waals surface area contributed by atoms with Crippen LogP contribution in [0.1, 0.15) is 32.1 Å². The summed E-state index contributed by atoms with van der Waals surface area (Å²) < 4.78 is 0. The highest BCUT2D eigenvalue weighted by Crippen LogP contribution is 2.24. The van der Waals surface area contributed by atoms with Crippen molar-refractivity contribution in [2.75, 3.05) is 31.1 Å². The minimum absolute atomic E-state index is 0.00862. The number of rotatable bonds is 3. The molecular formula is C17H25N5O. The number of nitrogens with zero attached hydrogens (tertiary/aromatic N) is 4. The summed E-state index contributed by atoms with van der Waals surface area (Å²) in [6.45, 7) is 2.93. The van der Waals surface area contributed by atoms with Gasteiger partial charge in [0.2, 0.25) is 5.95 Å². The number of amides is 2. The molecule has 3 rings (SSSR count). The van der Waals surface area contributed by atoms with Gasteiger partial charge >= 0.3 is 6.03 Å². The Labute approximate surface area is 137 Å². The molecule has 2 fully saturated rings. The summed E-state index contributed by atoms with van der Waals surface area (Å²) >= 11 is 0. The Hall–Kier alpha value is -2.11. The summed E-state index contributed by atoms with van der Waals surface area (Å²) in [6.07, 6.45) is 14.0. The first kappa shape index (κ1) is 15.8. The van der Waals surface area contributed by atoms with E-state index in [1.165, 1.54) is 32.1 Å². The third-order valence-corrected chi connectivity index (χ3v) is 4.63. The first-order valence-electron chi connectivity index (χ1n) is 8.57. The molecule has 0 aromatic carbocycles. The number of hydrogen-bond acceptors (Lipinski definition) is 4. The summed E-state index contributed by atoms with van der Waals surface area (Å²) in [7, 11) is 0. The zero-order valence-electron chi connectivity index (χ0n) is 13.5. The molecule has 1 aromatic heterocycles. The average molecular weight is 315 g/mol. The summed E-state index contributed by atoms with van der Waals surface area (Å²) in [5, 5.41) is 2.91. The molecule has 1 aliphatic heterocycles. The van der Waals surface area contributed by atoms with Crippen molar-refractivity contribution in [2.24, 2.45) is 5.92 Å². The Morgan fingerprint density at radius 3 is 2.48 bits per heavy atom. The van der Waals surface area contributed by atoms with Crippen molar-refractivity contribution >= 4 is 12.0 Å². The smallest absolute Gasteiger partial charge is 0.321 e. The van der Waals surface area contributed by atoms with Crippen LogP contribution in [0.25, 0.3) is 0 Å². The topological polar surface area (TPSA) is 61.4 Å². The Kier molecular flexibility index (Phi) is 5.45. The lowest BCUT2D eigenvalue weighted by Gasteiger charge is -2.34. The van der Waals surface area contributed by atoms with Gasteiger partial charge in [0.15, 0.2) is 0 Å². The molecule has 1 aliphatic carbocycles. The molecule has 0 atom stereocenters. The van der Waals surface area contributed by atoms with Gasteiger partial charge in [-0.3, -0.25) is 0 Å². The van der Waals surface area contributed by atoms with Gasteiger partial charge in [-0.1, -0.05) is 25.3 Å². The van der Waals surface area contributed by atoms with E-state index in [4.69, 9.17) is 0 Å². The van der Waals surface area contributed by atoms with Gasteiger partial charge in [0.05, 0.1) is 0 Å². The number of urea groups is 1. The molecule has 0 radical (unpaired) electrons. The van der Waals surface area contributed by atoms with Crippen molar-refractivity contribution in [3.05, 3.63) is 30.7 Å². The third kappa shape index (κ3) is 4.43. The highest BCUT2D eigenvalue weighted by atomic mass is 16.2. The minimum atomic E-state index is -0.00862. The Bertz CT molecular complexity index is 519. The van der Waals surface area contributed by atoms with Crippen LogP contribution in [0.2, 0.25) is 0 Å². The molecular weight excluding hydrogens is 290 g/mol. The van der Waals surface area contributed by atoms with Gasteiger partial charge in [-0.05, 0) is 24.8 Å². The van der Waals surface area contributed by atoms with Crippen molar-refractivity contribution in [1.29, 1.82) is 0 Å². The normalized spacial score (nSPS) is 20.0. The monoisotopic (exact) mass is 315 g/mol. The van der Waals surface area contributed by atoms with Crippen molar-refractivity contribution in [3.8, 4) is 0 Å². The lowest BCUT2D eigenvalue weighted by Crippen LogP contribution is -2.51. The number of allylic oxidation sites excluding steroid dienone is 1. The fourth-order valence-corrected chi connectivity index (χ4v) is 3.24. The molecule has 23 heavy (non-hydrogen) atoms. The molecule has 6 heteroatoms. The van der Waals surface area contributed by atoms with Gasteiger partial charge in [-0.2, -0.15) is 0 Å². The molecule has 2 heterocycles. The largest absolute Gasteiger partial charge is 0.337 e. The lowest BCUT2D eigenvalue weighted by atomic mass is 9.89. The van der Waals surface area contributed by atoms with E-state index in [-0.39, 0.29) is 6.03 Å². The highest BCUT2D eigenvalue weighted by molar-refractivity contribution is 5.75. The van der Waals surface area contributed by atoms with Gasteiger partial charge in [0.1, 0.15) is 0 Å². The molecule has 1 N–H and O–H groups in total. The highest BCUT2D eigenvalue weighted by Gasteiger charge is 2.21. The van der Waals surface area contributed by atoms with Gasteiger partial charge in [-0.25, -0.2) is 14.8 Å². The maximum absolute atomic E-state index is 12.2. The van der Waals surface area contributed by atoms with Crippen molar-refractivity contribution in [1.82, 2.24) is 20.2 Å². The third-order valence-electron chi connectivity index (χ3n) is 4.63. The predicted octanol–water partition coefficient (Wildman–Crippen LogP) is 2.40. The maximum atomic E-state index is 12.2. The summed E-state index contributed by atoms with van der Waals surface area (Å²) in [4.78, 5) is 24.7. The van der Waals surface area contributed by atoms with Gasteiger partial charge in [0, 0.05) is 44.8 Å². The Morgan fingerprint density at radius 2 is 1.78 bits per heavy atom. The van der Waals surface area contributed by atoms with E-state index in [1.807, 2.05) is 17.2 Å². The van der Waals surface area contributed by atoms with E-state index >= 15 is 0 Å². The Morgan fingerprint density at radius 1 is 1.09 bits per heavy atom. The van der Waals surface area contributed by atoms with Crippen LogP contribution in [0.3, 0.4) is 0 Å². The number of nitrogens with one attached hydrogen (secondary N) is 1. The van der Waals surface area contributed by atoms with E-state index in [1.54, 1.807) is 12.4 Å². The Balaban J connectivity index is 1.42. The number of carbonyl (C=O) groups excluding carboxylic acids is 1. The molecule has 1 aromatic rings. The lowest BCUT2D eigenvalue weighted by molar-refractivity contribution is 0.198. The summed E-state index contributed by atoms with van der Waals surface area (Å²) in [6, 6.07) is 1.80. The van der Waals surface area contributed by atoms with Crippen LogP contribution < -0.4 is 10.2 Å². The molecule has 0 unspecified atom stereocenters. The number of aromatic nitrogens is 2. The summed E-state index contributed by atoms with van der Waals surface area (Å²) in [5.74, 6) is 1.38. The molecule has 2 amide bonds. The molecule has 1 saturated carbocycles. The van der Waals surface area contributed by atoms with E-state index in [2.05, 4.69) is 26.3 Å². The molecule has 124 valence electrons. The van der Waals surface area contributed by atoms with Crippen LogP contribution in [-0.2, 0) is 0 Å². The van der Waals surface area contributed by atoms with Crippen LogP contribution >= 0.6 is 0 Å². The van der Waals surface area contributed by atoms with Crippen LogP contribution in [0.4, 0.5) is 10.7 Å². The number of anilines is 1. The molecule has 0 bridgehead atoms. The van der Waals surface area contributed by atoms with Crippen LogP contribution in [-0.4, -0.2) is 47.1 Å². The number of carbonyl (C=O) groups is 1. The van der Waals surface area contributed by atoms with E-state index in [9.17, 15) is 4.79 Å². The minimum Gasteiger partial charge on any atom is -0.337 e. The predicted molar refractivity (Wildman–Crippen MR) is 90.1 cm³/mol. The summed E-state index contributed by atoms with van der Waals surface area (Å²) in [5.41, 5.74) is 0. The quantitative estimate of drug-likeness (QED) is 0.930. The van der Waals surface area contributed by atoms with Crippen LogP contribution in [0.15, 0.2) is 30.7 Å². The fourth-order valence-electron chi connectivity index (χ4n) is 3.24. The second-order valence-electron chi connectivity index (χ2n) is 6.23. The second-order valence-corrected chi connectivity index (χ2v) is 6.23. The number of hydrogen-bond donors (Lipinski definition) is 1. The van der Waals surface area contributed by atoms with Crippen LogP contribution in [0, 0.1) is 5.92 Å². The van der Waals surface area contributed by atoms with E-state index < -0.39 is 0 Å². The molecule has 2 aliphatic rings. The molecule has 0 spiro atoms. The standard InChI is InChI=1S/C17H25N5O/c23-17(20-10-7-15-5-2-1-3-6-15)22-13-11-21(12-14-22)16-18-8-4-9-19-16/h4,7-10,15H,1-3,5-6,11-14H2,(H,20,23)/b10-7+. The van der Waals surface area contributed by atoms with Gasteiger partial charge in [-0.15, -0.1) is 0 Å². The first-order chi connectivity index (χ1) is 11.3. The van der Waals surface area contributed by atoms with E-state index in [0.717, 1.165) is 19.0 Å². The maximum Gasteiger partial charge on any atom is 0.321 e. The first-order valence-corrected chi connectivity index (χ1v) is 8.57.